The van der Waals surface area contributed by atoms with Crippen molar-refractivity contribution in [3.63, 3.8) is 0 Å². The predicted octanol–water partition coefficient (Wildman–Crippen LogP) is 2.74. The molecule has 2 aromatic rings. The van der Waals surface area contributed by atoms with E-state index in [1.807, 2.05) is 12.1 Å². The van der Waals surface area contributed by atoms with Gasteiger partial charge in [0.15, 0.2) is 5.76 Å². The molecule has 1 saturated carbocycles. The van der Waals surface area contributed by atoms with Gasteiger partial charge in [-0.25, -0.2) is 0 Å². The van der Waals surface area contributed by atoms with Crippen LogP contribution >= 0.6 is 0 Å². The molecule has 2 aromatic heterocycles. The molecule has 3 heterocycles. The van der Waals surface area contributed by atoms with Crippen LogP contribution in [0.25, 0.3) is 0 Å². The fraction of sp³-hybridized carbons (Fsp3) is 0.476. The van der Waals surface area contributed by atoms with E-state index < -0.39 is 11.8 Å². The topological polar surface area (TPSA) is 84.7 Å². The lowest BCUT2D eigenvalue weighted by Crippen LogP contribution is -2.57. The quantitative estimate of drug-likeness (QED) is 0.878. The number of carbonyl (C=O) groups is 2. The Hall–Kier alpha value is -2.67. The van der Waals surface area contributed by atoms with Gasteiger partial charge in [0.05, 0.1) is 12.9 Å². The fourth-order valence-corrected chi connectivity index (χ4v) is 4.33. The van der Waals surface area contributed by atoms with Crippen molar-refractivity contribution >= 4 is 11.8 Å². The molecule has 148 valence electrons. The van der Waals surface area contributed by atoms with Gasteiger partial charge in [-0.2, -0.15) is 0 Å². The number of nitrogens with one attached hydrogen (secondary N) is 1. The molecule has 1 spiro atoms. The predicted molar refractivity (Wildman–Crippen MR) is 101 cm³/mol. The van der Waals surface area contributed by atoms with E-state index in [0.29, 0.717) is 12.5 Å². The van der Waals surface area contributed by atoms with Crippen molar-refractivity contribution in [2.24, 2.45) is 5.92 Å². The SMILES string of the molecule is CC1CCCC2(C1)OCC(C(=O)NCc1ccncc1)N2C(=O)c1ccco1. The van der Waals surface area contributed by atoms with E-state index in [4.69, 9.17) is 9.15 Å². The first kappa shape index (κ1) is 18.7. The summed E-state index contributed by atoms with van der Waals surface area (Å²) in [5.74, 6) is 0.154. The second-order valence-electron chi connectivity index (χ2n) is 7.70. The summed E-state index contributed by atoms with van der Waals surface area (Å²) in [6, 6.07) is 6.33. The van der Waals surface area contributed by atoms with Crippen molar-refractivity contribution in [1.29, 1.82) is 0 Å². The van der Waals surface area contributed by atoms with Gasteiger partial charge in [0.1, 0.15) is 11.8 Å². The third-order valence-electron chi connectivity index (χ3n) is 5.66. The van der Waals surface area contributed by atoms with Gasteiger partial charge in [0.25, 0.3) is 5.91 Å². The van der Waals surface area contributed by atoms with Gasteiger partial charge in [0.2, 0.25) is 5.91 Å². The highest BCUT2D eigenvalue weighted by atomic mass is 16.5. The number of amides is 2. The largest absolute Gasteiger partial charge is 0.459 e. The summed E-state index contributed by atoms with van der Waals surface area (Å²) in [6.45, 7) is 2.74. The molecule has 3 atom stereocenters. The molecule has 7 nitrogen and oxygen atoms in total. The highest BCUT2D eigenvalue weighted by Gasteiger charge is 2.54. The lowest BCUT2D eigenvalue weighted by atomic mass is 9.83. The summed E-state index contributed by atoms with van der Waals surface area (Å²) in [5.41, 5.74) is 0.215. The average Bonchev–Trinajstić information content (AvgIpc) is 3.35. The second kappa shape index (κ2) is 7.75. The molecule has 2 fully saturated rings. The van der Waals surface area contributed by atoms with Crippen molar-refractivity contribution in [3.05, 3.63) is 54.2 Å². The number of furan rings is 1. The lowest BCUT2D eigenvalue weighted by molar-refractivity contribution is -0.128. The van der Waals surface area contributed by atoms with E-state index >= 15 is 0 Å². The molecule has 1 N–H and O–H groups in total. The van der Waals surface area contributed by atoms with Crippen molar-refractivity contribution in [3.8, 4) is 0 Å². The van der Waals surface area contributed by atoms with Crippen LogP contribution in [-0.2, 0) is 16.1 Å². The molecule has 0 radical (unpaired) electrons. The zero-order valence-corrected chi connectivity index (χ0v) is 16.0. The minimum atomic E-state index is -0.736. The zero-order valence-electron chi connectivity index (χ0n) is 16.0. The Morgan fingerprint density at radius 1 is 1.32 bits per heavy atom. The van der Waals surface area contributed by atoms with Crippen molar-refractivity contribution < 1.29 is 18.7 Å². The maximum atomic E-state index is 13.2. The van der Waals surface area contributed by atoms with Gasteiger partial charge in [0, 0.05) is 18.9 Å². The number of pyridine rings is 1. The Morgan fingerprint density at radius 2 is 2.14 bits per heavy atom. The molecule has 4 rings (SSSR count). The van der Waals surface area contributed by atoms with Crippen LogP contribution in [0.3, 0.4) is 0 Å². The first-order chi connectivity index (χ1) is 13.6. The van der Waals surface area contributed by atoms with Crippen LogP contribution in [0.4, 0.5) is 0 Å². The maximum Gasteiger partial charge on any atom is 0.292 e. The number of nitrogens with zero attached hydrogens (tertiary/aromatic N) is 2. The summed E-state index contributed by atoms with van der Waals surface area (Å²) in [4.78, 5) is 31.8. The Kier molecular flexibility index (Phi) is 5.17. The number of ether oxygens (including phenoxy) is 1. The van der Waals surface area contributed by atoms with Crippen LogP contribution in [0.15, 0.2) is 47.3 Å². The third-order valence-corrected chi connectivity index (χ3v) is 5.66. The van der Waals surface area contributed by atoms with Crippen molar-refractivity contribution in [2.75, 3.05) is 6.61 Å². The Morgan fingerprint density at radius 3 is 2.86 bits per heavy atom. The number of rotatable bonds is 4. The summed E-state index contributed by atoms with van der Waals surface area (Å²) in [5, 5.41) is 2.93. The molecule has 7 heteroatoms. The summed E-state index contributed by atoms with van der Waals surface area (Å²) in [6.07, 6.45) is 8.38. The summed E-state index contributed by atoms with van der Waals surface area (Å²) < 4.78 is 11.5. The average molecular weight is 383 g/mol. The molecule has 3 unspecified atom stereocenters. The third kappa shape index (κ3) is 3.54. The first-order valence-electron chi connectivity index (χ1n) is 9.77. The van der Waals surface area contributed by atoms with Crippen LogP contribution < -0.4 is 5.32 Å². The van der Waals surface area contributed by atoms with E-state index in [1.165, 1.54) is 6.26 Å². The van der Waals surface area contributed by atoms with E-state index in [0.717, 1.165) is 31.2 Å². The van der Waals surface area contributed by atoms with Gasteiger partial charge in [-0.15, -0.1) is 0 Å². The monoisotopic (exact) mass is 383 g/mol. The lowest BCUT2D eigenvalue weighted by Gasteiger charge is -2.43. The van der Waals surface area contributed by atoms with Gasteiger partial charge in [-0.1, -0.05) is 13.3 Å². The molecule has 1 aliphatic heterocycles. The normalized spacial score (nSPS) is 27.1. The molecular formula is C21H25N3O4. The molecule has 1 aliphatic carbocycles. The Balaban J connectivity index is 1.56. The van der Waals surface area contributed by atoms with Crippen LogP contribution in [0.1, 0.15) is 48.7 Å². The maximum absolute atomic E-state index is 13.2. The number of carbonyl (C=O) groups excluding carboxylic acids is 2. The van der Waals surface area contributed by atoms with Crippen LogP contribution in [0.5, 0.6) is 0 Å². The highest BCUT2D eigenvalue weighted by Crippen LogP contribution is 2.43. The molecule has 28 heavy (non-hydrogen) atoms. The zero-order chi connectivity index (χ0) is 19.6. The van der Waals surface area contributed by atoms with E-state index in [1.54, 1.807) is 29.4 Å². The van der Waals surface area contributed by atoms with Crippen LogP contribution in [-0.4, -0.2) is 40.1 Å². The molecule has 2 amide bonds. The van der Waals surface area contributed by atoms with E-state index in [-0.39, 0.29) is 24.2 Å². The van der Waals surface area contributed by atoms with E-state index in [9.17, 15) is 9.59 Å². The van der Waals surface area contributed by atoms with Crippen LogP contribution in [0.2, 0.25) is 0 Å². The Labute approximate surface area is 164 Å². The minimum Gasteiger partial charge on any atom is -0.459 e. The minimum absolute atomic E-state index is 0.196. The smallest absolute Gasteiger partial charge is 0.292 e. The number of aromatic nitrogens is 1. The van der Waals surface area contributed by atoms with Gasteiger partial charge < -0.3 is 14.5 Å². The molecule has 2 aliphatic rings. The van der Waals surface area contributed by atoms with Gasteiger partial charge >= 0.3 is 0 Å². The molecule has 1 saturated heterocycles. The molecule has 0 aromatic carbocycles. The van der Waals surface area contributed by atoms with Crippen molar-refractivity contribution in [2.45, 2.75) is 50.9 Å². The fourth-order valence-electron chi connectivity index (χ4n) is 4.33. The van der Waals surface area contributed by atoms with Gasteiger partial charge in [-0.3, -0.25) is 19.5 Å². The Bertz CT molecular complexity index is 823. The molecular weight excluding hydrogens is 358 g/mol. The standard InChI is InChI=1S/C21H25N3O4/c1-15-4-2-8-21(12-15)24(20(26)18-5-3-11-27-18)17(14-28-21)19(25)23-13-16-6-9-22-10-7-16/h3,5-7,9-11,15,17H,2,4,8,12-14H2,1H3,(H,23,25). The van der Waals surface area contributed by atoms with Crippen molar-refractivity contribution in [1.82, 2.24) is 15.2 Å². The van der Waals surface area contributed by atoms with Crippen LogP contribution in [0, 0.1) is 5.92 Å². The number of hydrogen-bond acceptors (Lipinski definition) is 5. The second-order valence-corrected chi connectivity index (χ2v) is 7.70. The highest BCUT2D eigenvalue weighted by molar-refractivity contribution is 5.96. The molecule has 0 bridgehead atoms. The van der Waals surface area contributed by atoms with Gasteiger partial charge in [-0.05, 0) is 55.0 Å². The summed E-state index contributed by atoms with van der Waals surface area (Å²) >= 11 is 0. The van der Waals surface area contributed by atoms with E-state index in [2.05, 4.69) is 17.2 Å². The first-order valence-corrected chi connectivity index (χ1v) is 9.77. The summed E-state index contributed by atoms with van der Waals surface area (Å²) in [7, 11) is 0. The number of hydrogen-bond donors (Lipinski definition) is 1.